The monoisotopic (exact) mass is 560 g/mol. The summed E-state index contributed by atoms with van der Waals surface area (Å²) < 4.78 is 60.7. The summed E-state index contributed by atoms with van der Waals surface area (Å²) in [5.74, 6) is 2.92. The van der Waals surface area contributed by atoms with Crippen LogP contribution >= 0.6 is 0 Å². The molecule has 0 aliphatic heterocycles. The Morgan fingerprint density at radius 3 is 1.57 bits per heavy atom. The number of ether oxygens (including phenoxy) is 11. The number of hydrogen-bond acceptors (Lipinski definition) is 11. The van der Waals surface area contributed by atoms with E-state index in [1.54, 1.807) is 33.5 Å². The van der Waals surface area contributed by atoms with Crippen molar-refractivity contribution in [2.75, 3.05) is 76.6 Å². The molecule has 0 unspecified atom stereocenters. The van der Waals surface area contributed by atoms with Gasteiger partial charge in [-0.1, -0.05) is 18.2 Å². The molecular formula is C29H36O11. The minimum Gasteiger partial charge on any atom is -0.492 e. The van der Waals surface area contributed by atoms with Gasteiger partial charge < -0.3 is 52.1 Å². The molecule has 0 saturated carbocycles. The zero-order valence-electron chi connectivity index (χ0n) is 23.6. The van der Waals surface area contributed by atoms with Crippen molar-refractivity contribution in [1.29, 1.82) is 0 Å². The summed E-state index contributed by atoms with van der Waals surface area (Å²) in [6.45, 7) is 0.160. The smallest absolute Gasteiger partial charge is 0.188 e. The van der Waals surface area contributed by atoms with E-state index in [0.717, 1.165) is 11.1 Å². The maximum atomic E-state index is 6.11. The molecule has 0 amide bonds. The molecule has 0 fully saturated rings. The number of hydrogen-bond donors (Lipinski definition) is 0. The third-order valence-corrected chi connectivity index (χ3v) is 5.46. The first-order chi connectivity index (χ1) is 19.6. The maximum Gasteiger partial charge on any atom is 0.188 e. The zero-order chi connectivity index (χ0) is 28.7. The molecule has 3 aromatic rings. The molecule has 3 aromatic carbocycles. The van der Waals surface area contributed by atoms with Gasteiger partial charge in [0.1, 0.15) is 11.5 Å². The highest BCUT2D eigenvalue weighted by Crippen LogP contribution is 2.51. The van der Waals surface area contributed by atoms with Gasteiger partial charge in [0.25, 0.3) is 0 Å². The lowest BCUT2D eigenvalue weighted by Gasteiger charge is -2.22. The third-order valence-electron chi connectivity index (χ3n) is 5.46. The van der Waals surface area contributed by atoms with Crippen LogP contribution in [0, 0.1) is 0 Å². The Morgan fingerprint density at radius 1 is 0.450 bits per heavy atom. The minimum atomic E-state index is -0.0393. The molecule has 0 heterocycles. The standard InChI is InChI=1S/C29H36O11/c1-30-15-36-22-10-7-20(8-11-22)23-14-26(39-18-33-4)27(29(28(23)35-6)40-19-34-5)21-9-12-24(37-16-31-2)25(13-21)38-17-32-3/h7-14H,15-19H2,1-6H3. The van der Waals surface area contributed by atoms with Gasteiger partial charge in [0, 0.05) is 41.1 Å². The summed E-state index contributed by atoms with van der Waals surface area (Å²) in [4.78, 5) is 0. The molecule has 218 valence electrons. The van der Waals surface area contributed by atoms with Crippen LogP contribution in [0.3, 0.4) is 0 Å². The van der Waals surface area contributed by atoms with Gasteiger partial charge in [-0.3, -0.25) is 0 Å². The van der Waals surface area contributed by atoms with Gasteiger partial charge >= 0.3 is 0 Å². The van der Waals surface area contributed by atoms with Gasteiger partial charge in [-0.05, 0) is 41.5 Å². The minimum absolute atomic E-state index is 0.00561. The lowest BCUT2D eigenvalue weighted by molar-refractivity contribution is 0.0323. The van der Waals surface area contributed by atoms with Gasteiger partial charge in [-0.2, -0.15) is 0 Å². The zero-order valence-corrected chi connectivity index (χ0v) is 23.6. The second-order valence-electron chi connectivity index (χ2n) is 8.10. The van der Waals surface area contributed by atoms with E-state index in [1.165, 1.54) is 21.3 Å². The molecule has 0 radical (unpaired) electrons. The van der Waals surface area contributed by atoms with Gasteiger partial charge in [-0.25, -0.2) is 0 Å². The normalized spacial score (nSPS) is 10.8. The first-order valence-electron chi connectivity index (χ1n) is 12.2. The molecule has 0 aromatic heterocycles. The van der Waals surface area contributed by atoms with Crippen molar-refractivity contribution < 1.29 is 52.1 Å². The largest absolute Gasteiger partial charge is 0.492 e. The van der Waals surface area contributed by atoms with E-state index in [4.69, 9.17) is 52.1 Å². The molecule has 0 saturated heterocycles. The Kier molecular flexibility index (Phi) is 12.6. The predicted molar refractivity (Wildman–Crippen MR) is 146 cm³/mol. The molecule has 0 aliphatic rings. The average Bonchev–Trinajstić information content (AvgIpc) is 2.99. The topological polar surface area (TPSA) is 102 Å². The first kappa shape index (κ1) is 30.8. The summed E-state index contributed by atoms with van der Waals surface area (Å²) in [7, 11) is 9.29. The SMILES string of the molecule is COCOc1ccc(-c2cc(OCOC)c(-c3ccc(OCOC)c(OCOC)c3)c(OCOC)c2OC)cc1. The van der Waals surface area contributed by atoms with Crippen molar-refractivity contribution >= 4 is 0 Å². The highest BCUT2D eigenvalue weighted by atomic mass is 16.7. The van der Waals surface area contributed by atoms with Gasteiger partial charge in [0.15, 0.2) is 57.0 Å². The van der Waals surface area contributed by atoms with E-state index in [9.17, 15) is 0 Å². The van der Waals surface area contributed by atoms with Crippen LogP contribution in [-0.4, -0.2) is 76.6 Å². The summed E-state index contributed by atoms with van der Waals surface area (Å²) in [6.07, 6.45) is 0. The molecule has 0 spiro atoms. The van der Waals surface area contributed by atoms with Crippen molar-refractivity contribution in [2.45, 2.75) is 0 Å². The Hall–Kier alpha value is -3.74. The Labute approximate surface area is 234 Å². The van der Waals surface area contributed by atoms with E-state index in [-0.39, 0.29) is 34.0 Å². The second kappa shape index (κ2) is 16.4. The third kappa shape index (κ3) is 7.90. The van der Waals surface area contributed by atoms with E-state index in [1.807, 2.05) is 36.4 Å². The van der Waals surface area contributed by atoms with E-state index in [2.05, 4.69) is 0 Å². The molecule has 0 atom stereocenters. The lowest BCUT2D eigenvalue weighted by Crippen LogP contribution is -2.08. The van der Waals surface area contributed by atoms with Crippen LogP contribution in [-0.2, 0) is 23.7 Å². The molecule has 0 aliphatic carbocycles. The molecular weight excluding hydrogens is 524 g/mol. The average molecular weight is 561 g/mol. The molecule has 0 N–H and O–H groups in total. The maximum absolute atomic E-state index is 6.11. The van der Waals surface area contributed by atoms with Crippen molar-refractivity contribution in [3.05, 3.63) is 48.5 Å². The Morgan fingerprint density at radius 2 is 0.975 bits per heavy atom. The quantitative estimate of drug-likeness (QED) is 0.198. The number of rotatable bonds is 18. The van der Waals surface area contributed by atoms with Crippen LogP contribution < -0.4 is 28.4 Å². The molecule has 3 rings (SSSR count). The fourth-order valence-corrected chi connectivity index (χ4v) is 3.80. The van der Waals surface area contributed by atoms with Crippen molar-refractivity contribution in [2.24, 2.45) is 0 Å². The Balaban J connectivity index is 2.22. The number of benzene rings is 3. The van der Waals surface area contributed by atoms with Crippen LogP contribution in [0.4, 0.5) is 0 Å². The lowest BCUT2D eigenvalue weighted by atomic mass is 9.96. The molecule has 11 nitrogen and oxygen atoms in total. The van der Waals surface area contributed by atoms with Crippen LogP contribution in [0.1, 0.15) is 0 Å². The second-order valence-corrected chi connectivity index (χ2v) is 8.10. The van der Waals surface area contributed by atoms with Crippen LogP contribution in [0.25, 0.3) is 22.3 Å². The summed E-state index contributed by atoms with van der Waals surface area (Å²) in [6, 6.07) is 14.8. The van der Waals surface area contributed by atoms with E-state index in [0.29, 0.717) is 45.6 Å². The van der Waals surface area contributed by atoms with Crippen molar-refractivity contribution in [3.63, 3.8) is 0 Å². The molecule has 11 heteroatoms. The Bertz CT molecular complexity index is 1180. The summed E-state index contributed by atoms with van der Waals surface area (Å²) >= 11 is 0. The fourth-order valence-electron chi connectivity index (χ4n) is 3.80. The summed E-state index contributed by atoms with van der Waals surface area (Å²) in [5.41, 5.74) is 2.85. The van der Waals surface area contributed by atoms with E-state index < -0.39 is 0 Å². The summed E-state index contributed by atoms with van der Waals surface area (Å²) in [5, 5.41) is 0. The predicted octanol–water partition coefficient (Wildman–Crippen LogP) is 4.94. The highest BCUT2D eigenvalue weighted by Gasteiger charge is 2.25. The van der Waals surface area contributed by atoms with Gasteiger partial charge in [-0.15, -0.1) is 0 Å². The molecule has 0 bridgehead atoms. The van der Waals surface area contributed by atoms with Crippen LogP contribution in [0.5, 0.6) is 34.5 Å². The van der Waals surface area contributed by atoms with E-state index >= 15 is 0 Å². The number of methoxy groups -OCH3 is 6. The molecule has 40 heavy (non-hydrogen) atoms. The van der Waals surface area contributed by atoms with Crippen molar-refractivity contribution in [1.82, 2.24) is 0 Å². The van der Waals surface area contributed by atoms with Crippen LogP contribution in [0.15, 0.2) is 48.5 Å². The van der Waals surface area contributed by atoms with Gasteiger partial charge in [0.05, 0.1) is 12.7 Å². The fraction of sp³-hybridized carbons (Fsp3) is 0.379. The van der Waals surface area contributed by atoms with Crippen molar-refractivity contribution in [3.8, 4) is 56.8 Å². The first-order valence-corrected chi connectivity index (χ1v) is 12.2. The van der Waals surface area contributed by atoms with Crippen LogP contribution in [0.2, 0.25) is 0 Å². The van der Waals surface area contributed by atoms with Gasteiger partial charge in [0.2, 0.25) is 0 Å². The highest BCUT2D eigenvalue weighted by molar-refractivity contribution is 5.88.